The summed E-state index contributed by atoms with van der Waals surface area (Å²) >= 11 is 4.32. The van der Waals surface area contributed by atoms with E-state index in [1.54, 1.807) is 12.1 Å². The van der Waals surface area contributed by atoms with E-state index in [4.69, 9.17) is 9.66 Å². The van der Waals surface area contributed by atoms with E-state index in [2.05, 4.69) is 11.2 Å². The summed E-state index contributed by atoms with van der Waals surface area (Å²) in [5.74, 6) is 0.0790. The zero-order valence-electron chi connectivity index (χ0n) is 6.14. The molecule has 5 heteroatoms. The Kier molecular flexibility index (Phi) is 2.66. The molecule has 0 fully saturated rings. The van der Waals surface area contributed by atoms with E-state index in [0.717, 1.165) is 0 Å². The maximum atomic E-state index is 10.7. The highest BCUT2D eigenvalue weighted by molar-refractivity contribution is 8.29. The van der Waals surface area contributed by atoms with Crippen molar-refractivity contribution in [1.29, 1.82) is 0 Å². The number of hydrogen-bond acceptors (Lipinski definition) is 3. The van der Waals surface area contributed by atoms with Crippen LogP contribution in [0.4, 0.5) is 0 Å². The molecule has 0 aromatic heterocycles. The molecule has 0 aliphatic heterocycles. The lowest BCUT2D eigenvalue weighted by molar-refractivity contribution is 0.475. The van der Waals surface area contributed by atoms with Crippen LogP contribution >= 0.6 is 0 Å². The van der Waals surface area contributed by atoms with Crippen LogP contribution in [0.5, 0.6) is 5.75 Å². The Labute approximate surface area is 75.5 Å². The van der Waals surface area contributed by atoms with Gasteiger partial charge in [0.1, 0.15) is 14.5 Å². The molecule has 12 heavy (non-hydrogen) atoms. The Bertz CT molecular complexity index is 353. The van der Waals surface area contributed by atoms with Gasteiger partial charge in [-0.2, -0.15) is 0 Å². The Morgan fingerprint density at radius 3 is 2.25 bits per heavy atom. The smallest absolute Gasteiger partial charge is 0.145 e. The van der Waals surface area contributed by atoms with Crippen LogP contribution in [0.3, 0.4) is 0 Å². The Balaban J connectivity index is 2.85. The van der Waals surface area contributed by atoms with Crippen LogP contribution in [0, 0.1) is 0 Å². The number of benzene rings is 1. The monoisotopic (exact) mass is 204 g/mol. The van der Waals surface area contributed by atoms with Crippen molar-refractivity contribution in [3.05, 3.63) is 29.8 Å². The minimum atomic E-state index is -3.14. The van der Waals surface area contributed by atoms with Crippen LogP contribution in [-0.2, 0) is 25.7 Å². The van der Waals surface area contributed by atoms with Crippen LogP contribution in [0.15, 0.2) is 24.3 Å². The van der Waals surface area contributed by atoms with Crippen LogP contribution in [-0.4, -0.2) is 13.9 Å². The van der Waals surface area contributed by atoms with Gasteiger partial charge in [0, 0.05) is 11.2 Å². The van der Waals surface area contributed by atoms with E-state index >= 15 is 0 Å². The van der Waals surface area contributed by atoms with E-state index < -0.39 is 8.77 Å². The predicted octanol–water partition coefficient (Wildman–Crippen LogP) is 1.11. The molecular formula is C7H8O3S2. The van der Waals surface area contributed by atoms with Gasteiger partial charge in [0.2, 0.25) is 0 Å². The van der Waals surface area contributed by atoms with Gasteiger partial charge in [-0.1, -0.05) is 12.1 Å². The molecular weight excluding hydrogens is 196 g/mol. The molecule has 0 bridgehead atoms. The minimum absolute atomic E-state index is 0.0530. The van der Waals surface area contributed by atoms with E-state index in [9.17, 15) is 4.21 Å². The molecule has 0 saturated carbocycles. The fourth-order valence-electron chi connectivity index (χ4n) is 0.803. The largest absolute Gasteiger partial charge is 0.508 e. The Hall–Kier alpha value is -0.650. The lowest BCUT2D eigenvalue weighted by Crippen LogP contribution is -1.99. The highest BCUT2D eigenvalue weighted by Crippen LogP contribution is 2.11. The SMILES string of the molecule is O=S(O)(=S)Cc1ccc(O)cc1. The van der Waals surface area contributed by atoms with Crippen molar-refractivity contribution in [3.63, 3.8) is 0 Å². The zero-order chi connectivity index (χ0) is 9.19. The van der Waals surface area contributed by atoms with Gasteiger partial charge < -0.3 is 9.66 Å². The summed E-state index contributed by atoms with van der Waals surface area (Å²) in [4.78, 5) is 0. The fourth-order valence-corrected chi connectivity index (χ4v) is 1.82. The number of phenolic OH excluding ortho intramolecular Hbond substituents is 1. The highest BCUT2D eigenvalue weighted by Gasteiger charge is 2.01. The number of rotatable bonds is 2. The molecule has 0 aliphatic carbocycles. The standard InChI is InChI=1S/C7H8O3S2/c8-7-3-1-6(2-4-7)5-12(9,10)11/h1-4,8H,5H2,(H,9,10,11). The highest BCUT2D eigenvalue weighted by atomic mass is 32.8. The summed E-state index contributed by atoms with van der Waals surface area (Å²) in [6.07, 6.45) is 0. The molecule has 0 spiro atoms. The van der Waals surface area contributed by atoms with E-state index in [1.165, 1.54) is 12.1 Å². The molecule has 1 unspecified atom stereocenters. The summed E-state index contributed by atoms with van der Waals surface area (Å²) < 4.78 is 19.6. The first-order chi connectivity index (χ1) is 5.47. The summed E-state index contributed by atoms with van der Waals surface area (Å²) in [5.41, 5.74) is 0.648. The predicted molar refractivity (Wildman–Crippen MR) is 49.9 cm³/mol. The van der Waals surface area contributed by atoms with Crippen molar-refractivity contribution in [3.8, 4) is 5.75 Å². The van der Waals surface area contributed by atoms with Crippen molar-refractivity contribution in [2.24, 2.45) is 0 Å². The van der Waals surface area contributed by atoms with Gasteiger partial charge in [0.05, 0.1) is 5.75 Å². The van der Waals surface area contributed by atoms with Gasteiger partial charge >= 0.3 is 0 Å². The second-order valence-corrected chi connectivity index (χ2v) is 5.41. The third kappa shape index (κ3) is 3.17. The average Bonchev–Trinajstić information content (AvgIpc) is 1.91. The number of aromatic hydroxyl groups is 1. The van der Waals surface area contributed by atoms with Crippen LogP contribution in [0.1, 0.15) is 5.56 Å². The summed E-state index contributed by atoms with van der Waals surface area (Å²) in [6, 6.07) is 6.04. The van der Waals surface area contributed by atoms with Crippen LogP contribution in [0.25, 0.3) is 0 Å². The zero-order valence-corrected chi connectivity index (χ0v) is 7.77. The fraction of sp³-hybridized carbons (Fsp3) is 0.143. The molecule has 3 nitrogen and oxygen atoms in total. The van der Waals surface area contributed by atoms with Gasteiger partial charge in [0.15, 0.2) is 0 Å². The van der Waals surface area contributed by atoms with Gasteiger partial charge in [-0.3, -0.25) is 0 Å². The van der Waals surface area contributed by atoms with Gasteiger partial charge in [0.25, 0.3) is 0 Å². The second kappa shape index (κ2) is 3.38. The molecule has 0 radical (unpaired) electrons. The molecule has 2 N–H and O–H groups in total. The Morgan fingerprint density at radius 2 is 1.83 bits per heavy atom. The van der Waals surface area contributed by atoms with Crippen molar-refractivity contribution in [1.82, 2.24) is 0 Å². The minimum Gasteiger partial charge on any atom is -0.508 e. The molecule has 1 atom stereocenters. The average molecular weight is 204 g/mol. The van der Waals surface area contributed by atoms with Gasteiger partial charge in [-0.05, 0) is 17.7 Å². The molecule has 1 rings (SSSR count). The quantitative estimate of drug-likeness (QED) is 0.757. The maximum absolute atomic E-state index is 10.7. The summed E-state index contributed by atoms with van der Waals surface area (Å²) in [7, 11) is -3.14. The lowest BCUT2D eigenvalue weighted by Gasteiger charge is -1.99. The number of hydrogen-bond donors (Lipinski definition) is 2. The second-order valence-electron chi connectivity index (χ2n) is 2.39. The topological polar surface area (TPSA) is 57.5 Å². The van der Waals surface area contributed by atoms with Crippen LogP contribution in [0.2, 0.25) is 0 Å². The molecule has 66 valence electrons. The number of phenols is 1. The van der Waals surface area contributed by atoms with E-state index in [0.29, 0.717) is 5.56 Å². The van der Waals surface area contributed by atoms with E-state index in [-0.39, 0.29) is 11.5 Å². The first-order valence-corrected chi connectivity index (χ1v) is 5.81. The molecule has 0 aliphatic rings. The Morgan fingerprint density at radius 1 is 1.33 bits per heavy atom. The third-order valence-electron chi connectivity index (χ3n) is 1.29. The first-order valence-electron chi connectivity index (χ1n) is 3.20. The van der Waals surface area contributed by atoms with Crippen LogP contribution < -0.4 is 0 Å². The summed E-state index contributed by atoms with van der Waals surface area (Å²) in [6.45, 7) is 0. The maximum Gasteiger partial charge on any atom is 0.145 e. The molecule has 1 aromatic rings. The molecule has 0 saturated heterocycles. The van der Waals surface area contributed by atoms with E-state index in [1.807, 2.05) is 0 Å². The lowest BCUT2D eigenvalue weighted by atomic mass is 10.2. The van der Waals surface area contributed by atoms with Crippen molar-refractivity contribution < 1.29 is 13.9 Å². The van der Waals surface area contributed by atoms with Gasteiger partial charge in [-0.15, -0.1) is 0 Å². The molecule has 0 heterocycles. The van der Waals surface area contributed by atoms with Gasteiger partial charge in [-0.25, -0.2) is 4.21 Å². The van der Waals surface area contributed by atoms with Crippen molar-refractivity contribution >= 4 is 20.0 Å². The van der Waals surface area contributed by atoms with Crippen molar-refractivity contribution in [2.45, 2.75) is 5.75 Å². The summed E-state index contributed by atoms with van der Waals surface area (Å²) in [5, 5.41) is 8.90. The first kappa shape index (κ1) is 9.44. The molecule has 0 amide bonds. The van der Waals surface area contributed by atoms with Crippen molar-refractivity contribution in [2.75, 3.05) is 0 Å². The third-order valence-corrected chi connectivity index (χ3v) is 2.34. The normalized spacial score (nSPS) is 15.4. The molecule has 1 aromatic carbocycles.